The number of hydrogen-bond donors (Lipinski definition) is 0. The zero-order valence-electron chi connectivity index (χ0n) is 12.5. The van der Waals surface area contributed by atoms with E-state index >= 15 is 0 Å². The van der Waals surface area contributed by atoms with Gasteiger partial charge in [-0.1, -0.05) is 23.7 Å². The van der Waals surface area contributed by atoms with Gasteiger partial charge in [-0.3, -0.25) is 14.2 Å². The zero-order valence-corrected chi connectivity index (χ0v) is 14.1. The van der Waals surface area contributed by atoms with Crippen LogP contribution < -0.4 is 0 Å². The maximum Gasteiger partial charge on any atom is 0.401 e. The Morgan fingerprint density at radius 1 is 0.826 bits per heavy atom. The Bertz CT molecular complexity index is 760. The first-order valence-electron chi connectivity index (χ1n) is 6.58. The highest BCUT2D eigenvalue weighted by molar-refractivity contribution is 7.72. The molecule has 0 atom stereocenters. The Morgan fingerprint density at radius 2 is 1.22 bits per heavy atom. The fourth-order valence-corrected chi connectivity index (χ4v) is 3.00. The molecule has 2 aromatic rings. The predicted octanol–water partition coefficient (Wildman–Crippen LogP) is 4.20. The Kier molecular flexibility index (Phi) is 5.50. The fraction of sp³-hybridized carbons (Fsp3) is 0.125. The number of halogens is 1. The lowest BCUT2D eigenvalue weighted by Crippen LogP contribution is -2.06. The second-order valence-corrected chi connectivity index (χ2v) is 7.15. The van der Waals surface area contributed by atoms with Crippen LogP contribution in [-0.4, -0.2) is 25.5 Å². The van der Waals surface area contributed by atoms with E-state index in [0.717, 1.165) is 14.2 Å². The molecule has 0 radical (unpaired) electrons. The summed E-state index contributed by atoms with van der Waals surface area (Å²) < 4.78 is 21.4. The van der Waals surface area contributed by atoms with Crippen molar-refractivity contribution in [3.63, 3.8) is 0 Å². The molecule has 0 saturated heterocycles. The molecule has 0 saturated carbocycles. The van der Waals surface area contributed by atoms with Gasteiger partial charge in [-0.05, 0) is 36.4 Å². The summed E-state index contributed by atoms with van der Waals surface area (Å²) in [7, 11) is -1.56. The van der Waals surface area contributed by atoms with E-state index in [1.165, 1.54) is 24.3 Å². The molecule has 0 spiro atoms. The average molecular weight is 353 g/mol. The third-order valence-electron chi connectivity index (χ3n) is 3.23. The molecule has 0 fully saturated rings. The molecule has 0 aliphatic rings. The quantitative estimate of drug-likeness (QED) is 0.575. The van der Waals surface area contributed by atoms with E-state index in [1.807, 2.05) is 0 Å². The van der Waals surface area contributed by atoms with Crippen LogP contribution in [0.2, 0.25) is 5.02 Å². The van der Waals surface area contributed by atoms with Gasteiger partial charge in [-0.2, -0.15) is 0 Å². The summed E-state index contributed by atoms with van der Waals surface area (Å²) in [6.45, 7) is 0. The predicted molar refractivity (Wildman–Crippen MR) is 87.3 cm³/mol. The lowest BCUT2D eigenvalue weighted by atomic mass is 10.0. The van der Waals surface area contributed by atoms with Gasteiger partial charge in [0.25, 0.3) is 5.52 Å². The van der Waals surface area contributed by atoms with E-state index in [4.69, 9.17) is 11.6 Å². The van der Waals surface area contributed by atoms with Gasteiger partial charge in [-0.15, -0.1) is 0 Å². The van der Waals surface area contributed by atoms with Crippen molar-refractivity contribution in [2.24, 2.45) is 0 Å². The van der Waals surface area contributed by atoms with Gasteiger partial charge >= 0.3 is 7.60 Å². The molecule has 5 nitrogen and oxygen atoms in total. The van der Waals surface area contributed by atoms with Gasteiger partial charge in [0.05, 0.1) is 0 Å². The van der Waals surface area contributed by atoms with Gasteiger partial charge in [-0.25, -0.2) is 0 Å². The summed E-state index contributed by atoms with van der Waals surface area (Å²) >= 11 is 5.79. The largest absolute Gasteiger partial charge is 0.401 e. The Labute approximate surface area is 138 Å². The zero-order chi connectivity index (χ0) is 17.0. The van der Waals surface area contributed by atoms with Crippen molar-refractivity contribution in [3.8, 4) is 0 Å². The summed E-state index contributed by atoms with van der Waals surface area (Å²) in [5.41, 5.74) is 0.263. The molecule has 2 aromatic carbocycles. The second-order valence-electron chi connectivity index (χ2n) is 4.58. The van der Waals surface area contributed by atoms with Crippen LogP contribution in [0.3, 0.4) is 0 Å². The van der Waals surface area contributed by atoms with Crippen molar-refractivity contribution in [1.29, 1.82) is 0 Å². The monoisotopic (exact) mass is 352 g/mol. The first-order valence-corrected chi connectivity index (χ1v) is 8.50. The number of benzene rings is 2. The van der Waals surface area contributed by atoms with Crippen LogP contribution in [0.1, 0.15) is 26.3 Å². The van der Waals surface area contributed by atoms with Crippen molar-refractivity contribution in [3.05, 3.63) is 70.2 Å². The maximum atomic E-state index is 12.3. The molecule has 0 heterocycles. The van der Waals surface area contributed by atoms with Crippen molar-refractivity contribution < 1.29 is 23.2 Å². The normalized spacial score (nSPS) is 11.3. The number of carbonyl (C=O) groups excluding carboxylic acids is 2. The molecule has 0 aliphatic carbocycles. The summed E-state index contributed by atoms with van der Waals surface area (Å²) in [5.74, 6) is -0.206. The van der Waals surface area contributed by atoms with Crippen LogP contribution in [0, 0.1) is 0 Å². The first kappa shape index (κ1) is 17.6. The topological polar surface area (TPSA) is 69.7 Å². The number of ketones is 1. The number of hydrogen-bond acceptors (Lipinski definition) is 5. The van der Waals surface area contributed by atoms with Gasteiger partial charge in [0.1, 0.15) is 0 Å². The molecule has 0 amide bonds. The van der Waals surface area contributed by atoms with Gasteiger partial charge < -0.3 is 9.05 Å². The van der Waals surface area contributed by atoms with Crippen LogP contribution in [0.25, 0.3) is 0 Å². The van der Waals surface area contributed by atoms with Crippen LogP contribution in [-0.2, 0) is 13.6 Å². The molecule has 23 heavy (non-hydrogen) atoms. The fourth-order valence-electron chi connectivity index (χ4n) is 1.93. The molecule has 0 aromatic heterocycles. The molecule has 7 heteroatoms. The van der Waals surface area contributed by atoms with Crippen molar-refractivity contribution in [2.45, 2.75) is 0 Å². The summed E-state index contributed by atoms with van der Waals surface area (Å²) in [4.78, 5) is 24.4. The van der Waals surface area contributed by atoms with E-state index in [0.29, 0.717) is 16.1 Å². The number of rotatable bonds is 6. The van der Waals surface area contributed by atoms with E-state index in [-0.39, 0.29) is 11.3 Å². The van der Waals surface area contributed by atoms with E-state index < -0.39 is 13.1 Å². The summed E-state index contributed by atoms with van der Waals surface area (Å²) in [6.07, 6.45) is 0. The third-order valence-corrected chi connectivity index (χ3v) is 5.20. The first-order chi connectivity index (χ1) is 10.9. The summed E-state index contributed by atoms with van der Waals surface area (Å²) in [6, 6.07) is 12.3. The lowest BCUT2D eigenvalue weighted by Gasteiger charge is -2.12. The van der Waals surface area contributed by atoms with Crippen LogP contribution >= 0.6 is 19.2 Å². The SMILES string of the molecule is COP(=O)(OC)C(=O)c1ccc(C(=O)c2ccc(Cl)cc2)cc1. The highest BCUT2D eigenvalue weighted by atomic mass is 35.5. The average Bonchev–Trinajstić information content (AvgIpc) is 2.60. The minimum Gasteiger partial charge on any atom is -0.306 e. The smallest absolute Gasteiger partial charge is 0.306 e. The standard InChI is InChI=1S/C16H14ClO5P/c1-21-23(20,22-2)16(19)13-5-3-11(4-6-13)15(18)12-7-9-14(17)10-8-12/h3-10H,1-2H3. The van der Waals surface area contributed by atoms with Crippen molar-refractivity contribution >= 4 is 30.5 Å². The van der Waals surface area contributed by atoms with Crippen molar-refractivity contribution in [1.82, 2.24) is 0 Å². The molecule has 0 unspecified atom stereocenters. The minimum absolute atomic E-state index is 0.143. The molecule has 0 aliphatic heterocycles. The van der Waals surface area contributed by atoms with Crippen LogP contribution in [0.15, 0.2) is 48.5 Å². The molecule has 0 bridgehead atoms. The molecule has 120 valence electrons. The Morgan fingerprint density at radius 3 is 1.65 bits per heavy atom. The maximum absolute atomic E-state index is 12.3. The van der Waals surface area contributed by atoms with E-state index in [1.54, 1.807) is 24.3 Å². The molecule has 0 N–H and O–H groups in total. The molecule has 2 rings (SSSR count). The lowest BCUT2D eigenvalue weighted by molar-refractivity contribution is 0.102. The van der Waals surface area contributed by atoms with Crippen LogP contribution in [0.4, 0.5) is 0 Å². The highest BCUT2D eigenvalue weighted by Gasteiger charge is 2.33. The molecular formula is C16H14ClO5P. The second kappa shape index (κ2) is 7.20. The Hall–Kier alpha value is -1.78. The van der Waals surface area contributed by atoms with Gasteiger partial charge in [0, 0.05) is 35.9 Å². The van der Waals surface area contributed by atoms with Crippen molar-refractivity contribution in [2.75, 3.05) is 14.2 Å². The van der Waals surface area contributed by atoms with E-state index in [2.05, 4.69) is 9.05 Å². The minimum atomic E-state index is -3.83. The van der Waals surface area contributed by atoms with Crippen LogP contribution in [0.5, 0.6) is 0 Å². The summed E-state index contributed by atoms with van der Waals surface area (Å²) in [5, 5.41) is 0.539. The van der Waals surface area contributed by atoms with Gasteiger partial charge in [0.2, 0.25) is 0 Å². The highest BCUT2D eigenvalue weighted by Crippen LogP contribution is 2.49. The van der Waals surface area contributed by atoms with Gasteiger partial charge in [0.15, 0.2) is 5.78 Å². The Balaban J connectivity index is 2.26. The third kappa shape index (κ3) is 3.77. The number of carbonyl (C=O) groups is 2. The van der Waals surface area contributed by atoms with E-state index in [9.17, 15) is 14.2 Å². The molecular weight excluding hydrogens is 339 g/mol.